The van der Waals surface area contributed by atoms with Gasteiger partial charge in [0.2, 0.25) is 5.91 Å². The van der Waals surface area contributed by atoms with E-state index in [1.54, 1.807) is 6.92 Å². The van der Waals surface area contributed by atoms with Crippen molar-refractivity contribution in [1.29, 1.82) is 0 Å². The van der Waals surface area contributed by atoms with Crippen molar-refractivity contribution in [2.45, 2.75) is 151 Å². The highest BCUT2D eigenvalue weighted by Gasteiger charge is 2.70. The minimum atomic E-state index is -0.220. The molecule has 11 atom stereocenters. The van der Waals surface area contributed by atoms with E-state index in [-0.39, 0.29) is 52.2 Å². The highest BCUT2D eigenvalue weighted by molar-refractivity contribution is 5.79. The van der Waals surface area contributed by atoms with Gasteiger partial charge >= 0.3 is 5.97 Å². The summed E-state index contributed by atoms with van der Waals surface area (Å²) >= 11 is 0. The normalized spacial score (nSPS) is 37.6. The second-order valence-corrected chi connectivity index (χ2v) is 18.0. The summed E-state index contributed by atoms with van der Waals surface area (Å²) in [5.74, 6) is 2.28. The predicted molar refractivity (Wildman–Crippen MR) is 200 cm³/mol. The lowest BCUT2D eigenvalue weighted by molar-refractivity contribution is -0.203. The van der Waals surface area contributed by atoms with E-state index in [0.29, 0.717) is 36.1 Å². The summed E-state index contributed by atoms with van der Waals surface area (Å²) in [6.45, 7) is 21.3. The molecule has 284 valence electrons. The number of nitrogens with one attached hydrogen (secondary N) is 3. The Morgan fingerprint density at radius 2 is 1.51 bits per heavy atom. The third-order valence-corrected chi connectivity index (χ3v) is 14.8. The van der Waals surface area contributed by atoms with Crippen molar-refractivity contribution in [3.8, 4) is 0 Å². The molecule has 49 heavy (non-hydrogen) atoms. The third-order valence-electron chi connectivity index (χ3n) is 14.8. The van der Waals surface area contributed by atoms with Crippen LogP contribution in [0.25, 0.3) is 0 Å². The summed E-state index contributed by atoms with van der Waals surface area (Å²) in [6.07, 6.45) is 14.2. The number of aliphatic hydroxyl groups is 1. The molecule has 0 aromatic rings. The van der Waals surface area contributed by atoms with Crippen molar-refractivity contribution in [1.82, 2.24) is 16.0 Å². The van der Waals surface area contributed by atoms with Crippen molar-refractivity contribution in [2.24, 2.45) is 63.4 Å². The first-order chi connectivity index (χ1) is 23.3. The highest BCUT2D eigenvalue weighted by atomic mass is 16.5. The van der Waals surface area contributed by atoms with Crippen LogP contribution in [0.2, 0.25) is 0 Å². The smallest absolute Gasteiger partial charge is 0.302 e. The van der Waals surface area contributed by atoms with Crippen LogP contribution in [0.5, 0.6) is 0 Å². The molecule has 6 N–H and O–H groups in total. The molecule has 0 heterocycles. The number of carbonyl (C=O) groups excluding carboxylic acids is 2. The number of fused-ring (bicyclic) bond motifs is 5. The van der Waals surface area contributed by atoms with Crippen LogP contribution >= 0.6 is 0 Å². The molecule has 4 rings (SSSR count). The fourth-order valence-corrected chi connectivity index (χ4v) is 12.0. The van der Waals surface area contributed by atoms with Gasteiger partial charge in [-0.05, 0) is 156 Å². The van der Waals surface area contributed by atoms with Gasteiger partial charge in [0, 0.05) is 25.3 Å². The van der Waals surface area contributed by atoms with Crippen molar-refractivity contribution in [3.63, 3.8) is 0 Å². The molecular weight excluding hydrogens is 612 g/mol. The molecule has 1 amide bonds. The van der Waals surface area contributed by atoms with Gasteiger partial charge in [-0.1, -0.05) is 54.4 Å². The Bertz CT molecular complexity index is 1060. The number of ether oxygens (including phenoxy) is 1. The summed E-state index contributed by atoms with van der Waals surface area (Å²) in [6, 6.07) is 0. The molecule has 0 aromatic heterocycles. The summed E-state index contributed by atoms with van der Waals surface area (Å²) < 4.78 is 6.27. The molecule has 0 spiro atoms. The summed E-state index contributed by atoms with van der Waals surface area (Å²) in [5, 5.41) is 21.2. The number of esters is 1. The molecule has 0 aliphatic heterocycles. The number of nitrogens with two attached hydrogens (primary N) is 1. The molecule has 0 saturated heterocycles. The van der Waals surface area contributed by atoms with Gasteiger partial charge in [0.15, 0.2) is 0 Å². The van der Waals surface area contributed by atoms with Crippen LogP contribution in [0.3, 0.4) is 0 Å². The zero-order valence-electron chi connectivity index (χ0n) is 32.6. The zero-order chi connectivity index (χ0) is 35.8. The maximum Gasteiger partial charge on any atom is 0.302 e. The van der Waals surface area contributed by atoms with E-state index in [4.69, 9.17) is 10.5 Å². The average Bonchev–Trinajstić information content (AvgIpc) is 3.33. The lowest BCUT2D eigenvalue weighted by Crippen LogP contribution is -2.62. The zero-order valence-corrected chi connectivity index (χ0v) is 32.6. The van der Waals surface area contributed by atoms with E-state index in [0.717, 1.165) is 116 Å². The van der Waals surface area contributed by atoms with Crippen molar-refractivity contribution < 1.29 is 19.4 Å². The molecule has 8 nitrogen and oxygen atoms in total. The van der Waals surface area contributed by atoms with E-state index in [9.17, 15) is 14.7 Å². The molecule has 4 fully saturated rings. The van der Waals surface area contributed by atoms with Gasteiger partial charge in [-0.25, -0.2) is 0 Å². The first-order valence-corrected chi connectivity index (χ1v) is 20.5. The Kier molecular flexibility index (Phi) is 14.9. The summed E-state index contributed by atoms with van der Waals surface area (Å²) in [7, 11) is 0. The van der Waals surface area contributed by atoms with Crippen LogP contribution in [0.1, 0.15) is 138 Å². The molecule has 4 saturated carbocycles. The molecule has 0 radical (unpaired) electrons. The van der Waals surface area contributed by atoms with Gasteiger partial charge in [-0.2, -0.15) is 0 Å². The highest BCUT2D eigenvalue weighted by Crippen LogP contribution is 2.75. The first kappa shape index (κ1) is 40.5. The number of amides is 1. The number of aliphatic hydroxyl groups excluding tert-OH is 1. The van der Waals surface area contributed by atoms with Crippen molar-refractivity contribution in [2.75, 3.05) is 39.3 Å². The predicted octanol–water partition coefficient (Wildman–Crippen LogP) is 6.44. The minimum absolute atomic E-state index is 0.00554. The van der Waals surface area contributed by atoms with E-state index < -0.39 is 0 Å². The van der Waals surface area contributed by atoms with E-state index in [1.165, 1.54) is 6.42 Å². The topological polar surface area (TPSA) is 126 Å². The number of hydrogen-bond donors (Lipinski definition) is 5. The SMILES string of the molecule is CC(=O)O[C@H]1C[C@@]2(C)C(CCC3[C@@]4(C)CC[C@@H](O)[C@@H](C)C4CC[C@@]32C)[C@@H]1[C@H](CCCC(C)C)C(=O)NCCCNCCCCNCCCN. The maximum atomic E-state index is 14.3. The Hall–Kier alpha value is -1.22. The Morgan fingerprint density at radius 1 is 0.837 bits per heavy atom. The third kappa shape index (κ3) is 9.06. The van der Waals surface area contributed by atoms with Gasteiger partial charge in [-0.15, -0.1) is 0 Å². The van der Waals surface area contributed by atoms with Gasteiger partial charge in [-0.3, -0.25) is 9.59 Å². The van der Waals surface area contributed by atoms with Crippen LogP contribution in [0.4, 0.5) is 0 Å². The van der Waals surface area contributed by atoms with Gasteiger partial charge < -0.3 is 31.5 Å². The summed E-state index contributed by atoms with van der Waals surface area (Å²) in [4.78, 5) is 26.9. The van der Waals surface area contributed by atoms with E-state index >= 15 is 0 Å². The Balaban J connectivity index is 1.45. The average molecular weight is 689 g/mol. The van der Waals surface area contributed by atoms with E-state index in [2.05, 4.69) is 57.5 Å². The lowest BCUT2D eigenvalue weighted by Gasteiger charge is -2.68. The fraction of sp³-hybridized carbons (Fsp3) is 0.951. The Morgan fingerprint density at radius 3 is 2.16 bits per heavy atom. The largest absolute Gasteiger partial charge is 0.462 e. The summed E-state index contributed by atoms with van der Waals surface area (Å²) in [5.41, 5.74) is 5.88. The maximum absolute atomic E-state index is 14.3. The monoisotopic (exact) mass is 689 g/mol. The van der Waals surface area contributed by atoms with Gasteiger partial charge in [0.05, 0.1) is 6.10 Å². The molecule has 0 aromatic carbocycles. The van der Waals surface area contributed by atoms with Crippen LogP contribution in [0, 0.1) is 57.7 Å². The molecule has 4 aliphatic carbocycles. The van der Waals surface area contributed by atoms with Gasteiger partial charge in [0.1, 0.15) is 6.10 Å². The number of unbranched alkanes of at least 4 members (excludes halogenated alkanes) is 1. The van der Waals surface area contributed by atoms with Crippen molar-refractivity contribution in [3.05, 3.63) is 0 Å². The van der Waals surface area contributed by atoms with Crippen molar-refractivity contribution >= 4 is 11.9 Å². The molecule has 0 bridgehead atoms. The molecule has 3 unspecified atom stereocenters. The second-order valence-electron chi connectivity index (χ2n) is 18.0. The van der Waals surface area contributed by atoms with Crippen LogP contribution < -0.4 is 21.7 Å². The molecule has 8 heteroatoms. The standard InChI is InChI=1S/C41H76N4O4/c1-28(2)13-10-14-31(38(48)45-26-12-25-44-23-9-8-22-43-24-11-21-42)37-33-15-16-36-39(5)19-18-34(47)29(3)32(39)17-20-40(36,6)41(33,7)27-35(37)49-30(4)46/h28-29,31-37,43-44,47H,8-27,42H2,1-7H3,(H,45,48)/t29-,31-,32?,33?,34+,35-,36?,37-,39-,40-,41-/m0/s1. The molecule has 4 aliphatic rings. The van der Waals surface area contributed by atoms with Crippen LogP contribution in [0.15, 0.2) is 0 Å². The van der Waals surface area contributed by atoms with Crippen LogP contribution in [-0.2, 0) is 14.3 Å². The number of rotatable bonds is 19. The number of hydrogen-bond acceptors (Lipinski definition) is 7. The lowest BCUT2D eigenvalue weighted by atomic mass is 9.37. The number of carbonyl (C=O) groups is 2. The Labute approximate surface area is 300 Å². The fourth-order valence-electron chi connectivity index (χ4n) is 12.0. The first-order valence-electron chi connectivity index (χ1n) is 20.5. The van der Waals surface area contributed by atoms with Crippen LogP contribution in [-0.4, -0.2) is 68.5 Å². The van der Waals surface area contributed by atoms with Gasteiger partial charge in [0.25, 0.3) is 0 Å². The quantitative estimate of drug-likeness (QED) is 0.0781. The van der Waals surface area contributed by atoms with E-state index in [1.807, 2.05) is 0 Å². The molecular formula is C41H76N4O4. The second kappa shape index (κ2) is 18.0. The minimum Gasteiger partial charge on any atom is -0.462 e.